The van der Waals surface area contributed by atoms with Crippen LogP contribution in [0.2, 0.25) is 0 Å². The molecule has 9 heteroatoms. The van der Waals surface area contributed by atoms with Crippen LogP contribution in [0.15, 0.2) is 53.6 Å². The van der Waals surface area contributed by atoms with E-state index in [1.165, 1.54) is 4.57 Å². The van der Waals surface area contributed by atoms with E-state index in [1.54, 1.807) is 39.4 Å². The maximum atomic E-state index is 13.1. The number of pyridine rings is 1. The van der Waals surface area contributed by atoms with Crippen molar-refractivity contribution < 1.29 is 14.6 Å². The van der Waals surface area contributed by atoms with Gasteiger partial charge >= 0.3 is 0 Å². The van der Waals surface area contributed by atoms with Crippen LogP contribution in [-0.4, -0.2) is 42.5 Å². The molecular weight excluding hydrogens is 506 g/mol. The molecule has 3 heterocycles. The van der Waals surface area contributed by atoms with Crippen LogP contribution in [-0.2, 0) is 13.6 Å². The van der Waals surface area contributed by atoms with Gasteiger partial charge in [-0.2, -0.15) is 5.10 Å². The summed E-state index contributed by atoms with van der Waals surface area (Å²) < 4.78 is 9.99. The third kappa shape index (κ3) is 5.12. The first kappa shape index (κ1) is 27.2. The van der Waals surface area contributed by atoms with E-state index >= 15 is 0 Å². The van der Waals surface area contributed by atoms with E-state index in [4.69, 9.17) is 4.74 Å². The minimum atomic E-state index is -0.836. The van der Waals surface area contributed by atoms with E-state index < -0.39 is 5.60 Å². The lowest BCUT2D eigenvalue weighted by Gasteiger charge is -2.18. The number of nitrogens with zero attached hydrogens (tertiary/aromatic N) is 3. The van der Waals surface area contributed by atoms with E-state index in [0.29, 0.717) is 41.9 Å². The molecule has 0 radical (unpaired) electrons. The van der Waals surface area contributed by atoms with Gasteiger partial charge in [-0.1, -0.05) is 18.2 Å². The van der Waals surface area contributed by atoms with Gasteiger partial charge in [0.1, 0.15) is 22.7 Å². The molecular formula is C31H35N5O4. The summed E-state index contributed by atoms with van der Waals surface area (Å²) in [5, 5.41) is 19.2. The highest BCUT2D eigenvalue weighted by molar-refractivity contribution is 6.04. The third-order valence-corrected chi connectivity index (χ3v) is 7.14. The molecule has 0 saturated carbocycles. The third-order valence-electron chi connectivity index (χ3n) is 7.14. The molecule has 0 aliphatic carbocycles. The van der Waals surface area contributed by atoms with Gasteiger partial charge in [-0.25, -0.2) is 0 Å². The molecule has 0 fully saturated rings. The molecule has 3 N–H and O–H groups in total. The predicted octanol–water partition coefficient (Wildman–Crippen LogP) is 5.20. The molecule has 0 unspecified atom stereocenters. The maximum absolute atomic E-state index is 13.1. The van der Waals surface area contributed by atoms with E-state index in [1.807, 2.05) is 55.8 Å². The standard InChI is InChI=1S/C31H35N5O4/c1-7-32-29(37)24-14-22-23(17-35(6)30(38)27(22)34-24)21-15-25-20(16-33-36(25)12-11-31(4,5)39)13-26(21)40-28-18(2)9-8-10-19(28)3/h8-10,13-17,34,39H,7,11-12H2,1-6H3,(H,32,37). The van der Waals surface area contributed by atoms with Crippen molar-refractivity contribution >= 4 is 27.7 Å². The normalized spacial score (nSPS) is 11.9. The summed E-state index contributed by atoms with van der Waals surface area (Å²) in [6.07, 6.45) is 4.09. The average Bonchev–Trinajstić information content (AvgIpc) is 3.51. The second-order valence-electron chi connectivity index (χ2n) is 11.0. The van der Waals surface area contributed by atoms with Crippen molar-refractivity contribution in [3.05, 3.63) is 76.0 Å². The zero-order chi connectivity index (χ0) is 28.8. The van der Waals surface area contributed by atoms with Crippen molar-refractivity contribution in [3.8, 4) is 22.6 Å². The topological polar surface area (TPSA) is 114 Å². The zero-order valence-electron chi connectivity index (χ0n) is 23.8. The second kappa shape index (κ2) is 10.3. The van der Waals surface area contributed by atoms with Gasteiger partial charge in [0.2, 0.25) is 0 Å². The minimum absolute atomic E-state index is 0.234. The quantitative estimate of drug-likeness (QED) is 0.250. The highest BCUT2D eigenvalue weighted by Crippen LogP contribution is 2.41. The van der Waals surface area contributed by atoms with Crippen molar-refractivity contribution in [1.29, 1.82) is 0 Å². The van der Waals surface area contributed by atoms with E-state index in [2.05, 4.69) is 15.4 Å². The van der Waals surface area contributed by atoms with Crippen molar-refractivity contribution in [1.82, 2.24) is 24.6 Å². The fourth-order valence-corrected chi connectivity index (χ4v) is 4.95. The number of aliphatic hydroxyl groups is 1. The molecule has 9 nitrogen and oxygen atoms in total. The zero-order valence-corrected chi connectivity index (χ0v) is 23.8. The Balaban J connectivity index is 1.77. The molecule has 0 aliphatic heterocycles. The van der Waals surface area contributed by atoms with Gasteiger partial charge in [0, 0.05) is 48.2 Å². The number of carbonyl (C=O) groups excluding carboxylic acids is 1. The smallest absolute Gasteiger partial charge is 0.274 e. The Bertz CT molecular complexity index is 1780. The molecule has 2 aromatic carbocycles. The lowest BCUT2D eigenvalue weighted by Crippen LogP contribution is -2.23. The Morgan fingerprint density at radius 3 is 2.55 bits per heavy atom. The first-order valence-corrected chi connectivity index (χ1v) is 13.4. The van der Waals surface area contributed by atoms with Crippen molar-refractivity contribution in [2.75, 3.05) is 6.54 Å². The summed E-state index contributed by atoms with van der Waals surface area (Å²) in [6, 6.07) is 11.7. The fourth-order valence-electron chi connectivity index (χ4n) is 4.95. The van der Waals surface area contributed by atoms with E-state index in [-0.39, 0.29) is 11.5 Å². The first-order valence-electron chi connectivity index (χ1n) is 13.4. The summed E-state index contributed by atoms with van der Waals surface area (Å²) in [5.41, 5.74) is 3.94. The number of hydrogen-bond acceptors (Lipinski definition) is 5. The molecule has 208 valence electrons. The van der Waals surface area contributed by atoms with Crippen LogP contribution in [0, 0.1) is 13.8 Å². The molecule has 0 aliphatic rings. The SMILES string of the molecule is CCNC(=O)c1cc2c(-c3cc4c(cnn4CCC(C)(C)O)cc3Oc3c(C)cccc3C)cn(C)c(=O)c2[nH]1. The van der Waals surface area contributed by atoms with Gasteiger partial charge in [-0.3, -0.25) is 14.3 Å². The average molecular weight is 542 g/mol. The molecule has 0 bridgehead atoms. The van der Waals surface area contributed by atoms with Gasteiger partial charge < -0.3 is 24.7 Å². The number of para-hydroxylation sites is 1. The highest BCUT2D eigenvalue weighted by atomic mass is 16.5. The summed E-state index contributed by atoms with van der Waals surface area (Å²) in [6.45, 7) is 10.4. The van der Waals surface area contributed by atoms with Crippen molar-refractivity contribution in [2.24, 2.45) is 7.05 Å². The van der Waals surface area contributed by atoms with Gasteiger partial charge in [0.25, 0.3) is 11.5 Å². The Hall–Kier alpha value is -4.37. The number of rotatable bonds is 8. The summed E-state index contributed by atoms with van der Waals surface area (Å²) >= 11 is 0. The Labute approximate surface area is 232 Å². The molecule has 0 saturated heterocycles. The lowest BCUT2D eigenvalue weighted by molar-refractivity contribution is 0.0655. The Morgan fingerprint density at radius 2 is 1.88 bits per heavy atom. The number of aryl methyl sites for hydroxylation is 4. The number of amides is 1. The van der Waals surface area contributed by atoms with Gasteiger partial charge in [0.15, 0.2) is 0 Å². The molecule has 5 rings (SSSR count). The van der Waals surface area contributed by atoms with Crippen molar-refractivity contribution in [3.63, 3.8) is 0 Å². The minimum Gasteiger partial charge on any atom is -0.456 e. The Morgan fingerprint density at radius 1 is 1.15 bits per heavy atom. The van der Waals surface area contributed by atoms with Crippen LogP contribution in [0.3, 0.4) is 0 Å². The largest absolute Gasteiger partial charge is 0.456 e. The van der Waals surface area contributed by atoms with Gasteiger partial charge in [-0.15, -0.1) is 0 Å². The summed E-state index contributed by atoms with van der Waals surface area (Å²) in [5.74, 6) is 1.09. The number of H-pyrrole nitrogens is 1. The van der Waals surface area contributed by atoms with Crippen LogP contribution < -0.4 is 15.6 Å². The van der Waals surface area contributed by atoms with Crippen LogP contribution in [0.25, 0.3) is 32.9 Å². The molecule has 5 aromatic rings. The monoisotopic (exact) mass is 541 g/mol. The van der Waals surface area contributed by atoms with E-state index in [9.17, 15) is 14.7 Å². The Kier molecular flexibility index (Phi) is 7.01. The predicted molar refractivity (Wildman–Crippen MR) is 157 cm³/mol. The van der Waals surface area contributed by atoms with Crippen LogP contribution in [0.5, 0.6) is 11.5 Å². The number of benzene rings is 2. The number of nitrogens with one attached hydrogen (secondary N) is 2. The van der Waals surface area contributed by atoms with Gasteiger partial charge in [0.05, 0.1) is 17.3 Å². The molecule has 3 aromatic heterocycles. The fraction of sp³-hybridized carbons (Fsp3) is 0.323. The number of ether oxygens (including phenoxy) is 1. The second-order valence-corrected chi connectivity index (χ2v) is 11.0. The van der Waals surface area contributed by atoms with Crippen LogP contribution >= 0.6 is 0 Å². The van der Waals surface area contributed by atoms with E-state index in [0.717, 1.165) is 38.9 Å². The molecule has 1 amide bonds. The van der Waals surface area contributed by atoms with Crippen molar-refractivity contribution in [2.45, 2.75) is 53.2 Å². The summed E-state index contributed by atoms with van der Waals surface area (Å²) in [7, 11) is 1.69. The number of carbonyl (C=O) groups is 1. The number of aromatic nitrogens is 4. The number of fused-ring (bicyclic) bond motifs is 2. The molecule has 0 spiro atoms. The number of aromatic amines is 1. The van der Waals surface area contributed by atoms with Crippen LogP contribution in [0.4, 0.5) is 0 Å². The highest BCUT2D eigenvalue weighted by Gasteiger charge is 2.21. The first-order chi connectivity index (χ1) is 19.0. The molecule has 40 heavy (non-hydrogen) atoms. The number of hydrogen-bond donors (Lipinski definition) is 3. The van der Waals surface area contributed by atoms with Gasteiger partial charge in [-0.05, 0) is 70.4 Å². The molecule has 0 atom stereocenters. The van der Waals surface area contributed by atoms with Crippen LogP contribution in [0.1, 0.15) is 48.8 Å². The lowest BCUT2D eigenvalue weighted by atomic mass is 10.0. The maximum Gasteiger partial charge on any atom is 0.274 e. The summed E-state index contributed by atoms with van der Waals surface area (Å²) in [4.78, 5) is 28.8.